The first-order valence-corrected chi connectivity index (χ1v) is 8.65. The van der Waals surface area contributed by atoms with Gasteiger partial charge >= 0.3 is 0 Å². The summed E-state index contributed by atoms with van der Waals surface area (Å²) in [4.78, 5) is 0. The molecule has 9 nitrogen and oxygen atoms in total. The Morgan fingerprint density at radius 2 is 2.28 bits per heavy atom. The van der Waals surface area contributed by atoms with Crippen molar-refractivity contribution in [3.8, 4) is 12.3 Å². The minimum absolute atomic E-state index is 0.115. The molecule has 3 heterocycles. The smallest absolute Gasteiger partial charge is 0.193 e. The molecule has 1 aliphatic carbocycles. The van der Waals surface area contributed by atoms with Crippen LogP contribution in [-0.4, -0.2) is 42.6 Å². The van der Waals surface area contributed by atoms with E-state index >= 15 is 0 Å². The lowest BCUT2D eigenvalue weighted by Gasteiger charge is -2.18. The number of aromatic nitrogens is 6. The molecule has 4 rings (SSSR count). The van der Waals surface area contributed by atoms with Gasteiger partial charge in [0.15, 0.2) is 11.5 Å². The Kier molecular flexibility index (Phi) is 4.28. The van der Waals surface area contributed by atoms with Gasteiger partial charge in [0, 0.05) is 44.1 Å². The molecule has 1 unspecified atom stereocenters. The molecule has 1 fully saturated rings. The van der Waals surface area contributed by atoms with Crippen molar-refractivity contribution in [1.82, 2.24) is 35.7 Å². The van der Waals surface area contributed by atoms with Gasteiger partial charge in [0.25, 0.3) is 0 Å². The van der Waals surface area contributed by atoms with E-state index in [0.29, 0.717) is 12.3 Å². The van der Waals surface area contributed by atoms with Crippen LogP contribution in [0.1, 0.15) is 49.5 Å². The Bertz CT molecular complexity index is 760. The molecule has 1 saturated carbocycles. The number of nitrogens with zero attached hydrogens (tertiary/aromatic N) is 7. The number of terminal acetylenes is 1. The molecular formula is C16H21N9. The highest BCUT2D eigenvalue weighted by atomic mass is 15.5. The molecule has 1 atom stereocenters. The molecule has 2 aromatic heterocycles. The average Bonchev–Trinajstić information content (AvgIpc) is 3.48. The lowest BCUT2D eigenvalue weighted by molar-refractivity contribution is 0.446. The van der Waals surface area contributed by atoms with E-state index in [-0.39, 0.29) is 11.7 Å². The van der Waals surface area contributed by atoms with E-state index in [0.717, 1.165) is 37.3 Å². The number of hydrogen-bond acceptors (Lipinski definition) is 7. The van der Waals surface area contributed by atoms with Crippen LogP contribution >= 0.6 is 0 Å². The van der Waals surface area contributed by atoms with Crippen LogP contribution in [0.4, 0.5) is 0 Å². The van der Waals surface area contributed by atoms with Crippen LogP contribution in [0, 0.1) is 18.3 Å². The first-order chi connectivity index (χ1) is 12.3. The van der Waals surface area contributed by atoms with Gasteiger partial charge < -0.3 is 5.32 Å². The standard InChI is InChI=1S/C16H21N9/c1-2-3-6-16(21-22-16)7-8-17-14(13-9-18-19-10-13)15-20-23-24-25(15)11-12-4-5-12/h1,9-10,12,14,17H,3-8,11H2,(H,18,19). The summed E-state index contributed by atoms with van der Waals surface area (Å²) in [7, 11) is 0. The maximum Gasteiger partial charge on any atom is 0.193 e. The van der Waals surface area contributed by atoms with Crippen molar-refractivity contribution in [2.75, 3.05) is 6.54 Å². The van der Waals surface area contributed by atoms with E-state index in [1.54, 1.807) is 6.20 Å². The molecule has 0 spiro atoms. The Hall–Kier alpha value is -2.60. The second kappa shape index (κ2) is 6.72. The van der Waals surface area contributed by atoms with Crippen LogP contribution in [0.25, 0.3) is 0 Å². The molecule has 25 heavy (non-hydrogen) atoms. The SMILES string of the molecule is C#CCCC1(CCNC(c2cn[nH]c2)c2nnnn2CC2CC2)N=N1. The summed E-state index contributed by atoms with van der Waals surface area (Å²) in [6.07, 6.45) is 13.8. The van der Waals surface area contributed by atoms with E-state index in [2.05, 4.69) is 47.2 Å². The van der Waals surface area contributed by atoms with Crippen molar-refractivity contribution in [1.29, 1.82) is 0 Å². The second-order valence-corrected chi connectivity index (χ2v) is 6.72. The predicted octanol–water partition coefficient (Wildman–Crippen LogP) is 1.45. The van der Waals surface area contributed by atoms with Crippen LogP contribution in [0.15, 0.2) is 22.6 Å². The highest BCUT2D eigenvalue weighted by molar-refractivity contribution is 5.18. The average molecular weight is 339 g/mol. The molecule has 2 N–H and O–H groups in total. The Balaban J connectivity index is 1.43. The molecule has 1 aliphatic heterocycles. The lowest BCUT2D eigenvalue weighted by atomic mass is 10.0. The fourth-order valence-electron chi connectivity index (χ4n) is 2.96. The number of aromatic amines is 1. The maximum absolute atomic E-state index is 5.35. The quantitative estimate of drug-likeness (QED) is 0.637. The fourth-order valence-corrected chi connectivity index (χ4v) is 2.96. The molecule has 0 saturated heterocycles. The normalized spacial score (nSPS) is 18.8. The second-order valence-electron chi connectivity index (χ2n) is 6.72. The molecule has 0 amide bonds. The molecule has 0 radical (unpaired) electrons. The van der Waals surface area contributed by atoms with Gasteiger partial charge in [-0.05, 0) is 29.2 Å². The molecule has 9 heteroatoms. The molecule has 2 aromatic rings. The predicted molar refractivity (Wildman–Crippen MR) is 89.2 cm³/mol. The number of tetrazole rings is 1. The topological polar surface area (TPSA) is 109 Å². The first-order valence-electron chi connectivity index (χ1n) is 8.65. The van der Waals surface area contributed by atoms with Crippen LogP contribution < -0.4 is 5.32 Å². The zero-order valence-corrected chi connectivity index (χ0v) is 14.0. The summed E-state index contributed by atoms with van der Waals surface area (Å²) >= 11 is 0. The Morgan fingerprint density at radius 3 is 2.96 bits per heavy atom. The van der Waals surface area contributed by atoms with Crippen molar-refractivity contribution in [2.45, 2.75) is 50.4 Å². The molecule has 130 valence electrons. The number of H-pyrrole nitrogens is 1. The molecule has 0 bridgehead atoms. The van der Waals surface area contributed by atoms with Gasteiger partial charge in [-0.25, -0.2) is 4.68 Å². The van der Waals surface area contributed by atoms with Gasteiger partial charge in [-0.1, -0.05) is 0 Å². The zero-order valence-electron chi connectivity index (χ0n) is 14.0. The van der Waals surface area contributed by atoms with Crippen LogP contribution in [-0.2, 0) is 6.54 Å². The summed E-state index contributed by atoms with van der Waals surface area (Å²) in [6.45, 7) is 1.61. The Labute approximate surface area is 145 Å². The summed E-state index contributed by atoms with van der Waals surface area (Å²) in [5, 5.41) is 31.1. The minimum Gasteiger partial charge on any atom is -0.303 e. The first kappa shape index (κ1) is 15.9. The lowest BCUT2D eigenvalue weighted by Crippen LogP contribution is -2.29. The monoisotopic (exact) mass is 339 g/mol. The van der Waals surface area contributed by atoms with E-state index in [9.17, 15) is 0 Å². The Morgan fingerprint density at radius 1 is 1.40 bits per heavy atom. The molecule has 0 aromatic carbocycles. The summed E-state index contributed by atoms with van der Waals surface area (Å²) < 4.78 is 1.91. The highest BCUT2D eigenvalue weighted by Gasteiger charge is 2.39. The number of nitrogens with one attached hydrogen (secondary N) is 2. The van der Waals surface area contributed by atoms with Crippen molar-refractivity contribution in [3.05, 3.63) is 23.8 Å². The third-order valence-electron chi connectivity index (χ3n) is 4.72. The van der Waals surface area contributed by atoms with Gasteiger partial charge in [0.05, 0.1) is 12.2 Å². The third-order valence-corrected chi connectivity index (χ3v) is 4.72. The molecular weight excluding hydrogens is 318 g/mol. The van der Waals surface area contributed by atoms with Crippen LogP contribution in [0.3, 0.4) is 0 Å². The van der Waals surface area contributed by atoms with E-state index in [4.69, 9.17) is 6.42 Å². The number of hydrogen-bond donors (Lipinski definition) is 2. The zero-order chi connectivity index (χ0) is 17.1. The van der Waals surface area contributed by atoms with Crippen molar-refractivity contribution in [2.24, 2.45) is 16.1 Å². The van der Waals surface area contributed by atoms with E-state index < -0.39 is 0 Å². The summed E-state index contributed by atoms with van der Waals surface area (Å²) in [6, 6.07) is -0.115. The highest BCUT2D eigenvalue weighted by Crippen LogP contribution is 2.36. The summed E-state index contributed by atoms with van der Waals surface area (Å²) in [5.41, 5.74) is 0.717. The van der Waals surface area contributed by atoms with Gasteiger partial charge in [-0.3, -0.25) is 5.10 Å². The maximum atomic E-state index is 5.35. The van der Waals surface area contributed by atoms with E-state index in [1.807, 2.05) is 10.9 Å². The van der Waals surface area contributed by atoms with Gasteiger partial charge in [-0.2, -0.15) is 15.3 Å². The van der Waals surface area contributed by atoms with Crippen molar-refractivity contribution in [3.63, 3.8) is 0 Å². The molecule has 2 aliphatic rings. The van der Waals surface area contributed by atoms with Crippen LogP contribution in [0.5, 0.6) is 0 Å². The van der Waals surface area contributed by atoms with Gasteiger partial charge in [0.2, 0.25) is 0 Å². The van der Waals surface area contributed by atoms with E-state index in [1.165, 1.54) is 12.8 Å². The van der Waals surface area contributed by atoms with Crippen molar-refractivity contribution < 1.29 is 0 Å². The minimum atomic E-state index is -0.291. The fraction of sp³-hybridized carbons (Fsp3) is 0.625. The van der Waals surface area contributed by atoms with Gasteiger partial charge in [-0.15, -0.1) is 17.4 Å². The largest absolute Gasteiger partial charge is 0.303 e. The van der Waals surface area contributed by atoms with Gasteiger partial charge in [0.1, 0.15) is 0 Å². The summed E-state index contributed by atoms with van der Waals surface area (Å²) in [5.74, 6) is 4.17. The third kappa shape index (κ3) is 3.74. The number of rotatable bonds is 10. The van der Waals surface area contributed by atoms with Crippen molar-refractivity contribution >= 4 is 0 Å². The van der Waals surface area contributed by atoms with Crippen LogP contribution in [0.2, 0.25) is 0 Å².